The summed E-state index contributed by atoms with van der Waals surface area (Å²) >= 11 is 0. The molecule has 1 fully saturated rings. The van der Waals surface area contributed by atoms with Crippen LogP contribution in [0.25, 0.3) is 10.9 Å². The Morgan fingerprint density at radius 3 is 2.76 bits per heavy atom. The van der Waals surface area contributed by atoms with Gasteiger partial charge in [-0.2, -0.15) is 0 Å². The molecule has 0 spiro atoms. The molecule has 0 radical (unpaired) electrons. The minimum Gasteiger partial charge on any atom is -0.480 e. The van der Waals surface area contributed by atoms with Gasteiger partial charge in [0.1, 0.15) is 5.54 Å². The Morgan fingerprint density at radius 1 is 1.33 bits per heavy atom. The predicted octanol–water partition coefficient (Wildman–Crippen LogP) is 2.22. The molecule has 0 saturated heterocycles. The Labute approximate surface area is 122 Å². The van der Waals surface area contributed by atoms with Gasteiger partial charge in [-0.15, -0.1) is 0 Å². The van der Waals surface area contributed by atoms with Crippen LogP contribution in [0.1, 0.15) is 30.1 Å². The summed E-state index contributed by atoms with van der Waals surface area (Å²) in [6.07, 6.45) is 3.37. The first-order valence-corrected chi connectivity index (χ1v) is 6.91. The van der Waals surface area contributed by atoms with Crippen LogP contribution >= 0.6 is 0 Å². The molecule has 0 aliphatic heterocycles. The van der Waals surface area contributed by atoms with Crippen LogP contribution < -0.4 is 5.32 Å². The third-order valence-electron chi connectivity index (χ3n) is 4.08. The van der Waals surface area contributed by atoms with Crippen LogP contribution in [-0.2, 0) is 4.79 Å². The highest BCUT2D eigenvalue weighted by molar-refractivity contribution is 6.00. The largest absolute Gasteiger partial charge is 0.480 e. The summed E-state index contributed by atoms with van der Waals surface area (Å²) in [4.78, 5) is 28.0. The first-order valence-electron chi connectivity index (χ1n) is 6.91. The van der Waals surface area contributed by atoms with Crippen LogP contribution in [-0.4, -0.2) is 27.5 Å². The lowest BCUT2D eigenvalue weighted by Gasteiger charge is -2.26. The smallest absolute Gasteiger partial charge is 0.329 e. The third kappa shape index (κ3) is 2.46. The highest BCUT2D eigenvalue weighted by Gasteiger charge is 2.48. The topological polar surface area (TPSA) is 79.3 Å². The molecule has 1 aromatic heterocycles. The first-order chi connectivity index (χ1) is 10.0. The van der Waals surface area contributed by atoms with E-state index in [1.807, 2.05) is 6.07 Å². The van der Waals surface area contributed by atoms with Crippen molar-refractivity contribution in [1.82, 2.24) is 10.3 Å². The second kappa shape index (κ2) is 4.84. The van der Waals surface area contributed by atoms with E-state index in [0.29, 0.717) is 5.56 Å². The molecule has 1 aliphatic carbocycles. The molecule has 5 heteroatoms. The number of hydrogen-bond donors (Lipinski definition) is 2. The van der Waals surface area contributed by atoms with Crippen LogP contribution in [0.5, 0.6) is 0 Å². The molecule has 0 bridgehead atoms. The molecule has 0 unspecified atom stereocenters. The van der Waals surface area contributed by atoms with Crippen molar-refractivity contribution in [2.24, 2.45) is 5.92 Å². The van der Waals surface area contributed by atoms with Gasteiger partial charge in [0.25, 0.3) is 5.91 Å². The number of rotatable bonds is 4. The van der Waals surface area contributed by atoms with E-state index in [1.165, 1.54) is 0 Å². The predicted molar refractivity (Wildman–Crippen MR) is 78.0 cm³/mol. The summed E-state index contributed by atoms with van der Waals surface area (Å²) in [6.45, 7) is 1.58. The van der Waals surface area contributed by atoms with E-state index in [4.69, 9.17) is 0 Å². The Kier molecular flexibility index (Phi) is 3.12. The number of pyridine rings is 1. The molecule has 1 amide bonds. The van der Waals surface area contributed by atoms with Gasteiger partial charge in [0.15, 0.2) is 0 Å². The molecule has 1 saturated carbocycles. The lowest BCUT2D eigenvalue weighted by atomic mass is 9.95. The van der Waals surface area contributed by atoms with Crippen LogP contribution in [0, 0.1) is 5.92 Å². The number of nitrogens with zero attached hydrogens (tertiary/aromatic N) is 1. The quantitative estimate of drug-likeness (QED) is 0.902. The number of hydrogen-bond acceptors (Lipinski definition) is 3. The number of carbonyl (C=O) groups is 2. The van der Waals surface area contributed by atoms with Gasteiger partial charge in [-0.1, -0.05) is 6.07 Å². The van der Waals surface area contributed by atoms with Gasteiger partial charge in [-0.3, -0.25) is 9.78 Å². The lowest BCUT2D eigenvalue weighted by Crippen LogP contribution is -2.54. The number of aliphatic carboxylic acids is 1. The van der Waals surface area contributed by atoms with Crippen LogP contribution in [0.3, 0.4) is 0 Å². The second-order valence-electron chi connectivity index (χ2n) is 5.65. The molecule has 1 atom stereocenters. The zero-order valence-corrected chi connectivity index (χ0v) is 11.7. The zero-order chi connectivity index (χ0) is 15.0. The maximum absolute atomic E-state index is 12.3. The van der Waals surface area contributed by atoms with Gasteiger partial charge in [-0.25, -0.2) is 4.79 Å². The number of benzene rings is 1. The van der Waals surface area contributed by atoms with Crippen molar-refractivity contribution < 1.29 is 14.7 Å². The minimum absolute atomic E-state index is 0.0149. The highest BCUT2D eigenvalue weighted by Crippen LogP contribution is 2.39. The van der Waals surface area contributed by atoms with E-state index >= 15 is 0 Å². The van der Waals surface area contributed by atoms with Crippen LogP contribution in [0.15, 0.2) is 36.5 Å². The number of aromatic nitrogens is 1. The fourth-order valence-corrected chi connectivity index (χ4v) is 2.52. The Balaban J connectivity index is 1.88. The number of carboxylic acids is 1. The number of carboxylic acid groups (broad SMARTS) is 1. The lowest BCUT2D eigenvalue weighted by molar-refractivity contribution is -0.144. The Morgan fingerprint density at radius 2 is 2.10 bits per heavy atom. The molecule has 2 aromatic rings. The van der Waals surface area contributed by atoms with E-state index in [9.17, 15) is 14.7 Å². The standard InChI is InChI=1S/C16H16N2O3/c1-16(15(20)21,12-5-6-12)18-14(19)11-4-7-13-10(9-11)3-2-8-17-13/h2-4,7-9,12H,5-6H2,1H3,(H,18,19)(H,20,21)/t16-/m0/s1. The maximum Gasteiger partial charge on any atom is 0.329 e. The van der Waals surface area contributed by atoms with Crippen LogP contribution in [0.4, 0.5) is 0 Å². The number of amides is 1. The molecule has 1 aromatic carbocycles. The highest BCUT2D eigenvalue weighted by atomic mass is 16.4. The monoisotopic (exact) mass is 284 g/mol. The van der Waals surface area contributed by atoms with Gasteiger partial charge in [0.05, 0.1) is 5.52 Å². The summed E-state index contributed by atoms with van der Waals surface area (Å²) < 4.78 is 0. The van der Waals surface area contributed by atoms with Crippen molar-refractivity contribution in [3.05, 3.63) is 42.1 Å². The molecule has 2 N–H and O–H groups in total. The van der Waals surface area contributed by atoms with E-state index in [0.717, 1.165) is 23.7 Å². The Hall–Kier alpha value is -2.43. The molecular weight excluding hydrogens is 268 g/mol. The number of carbonyl (C=O) groups excluding carboxylic acids is 1. The van der Waals surface area contributed by atoms with E-state index in [1.54, 1.807) is 37.4 Å². The van der Waals surface area contributed by atoms with Crippen molar-refractivity contribution in [1.29, 1.82) is 0 Å². The van der Waals surface area contributed by atoms with Crippen molar-refractivity contribution in [3.8, 4) is 0 Å². The Bertz CT molecular complexity index is 724. The summed E-state index contributed by atoms with van der Waals surface area (Å²) in [5.74, 6) is -1.33. The van der Waals surface area contributed by atoms with E-state index in [-0.39, 0.29) is 11.8 Å². The number of fused-ring (bicyclic) bond motifs is 1. The fraction of sp³-hybridized carbons (Fsp3) is 0.312. The van der Waals surface area contributed by atoms with Gasteiger partial charge in [0, 0.05) is 17.1 Å². The van der Waals surface area contributed by atoms with Gasteiger partial charge < -0.3 is 10.4 Å². The van der Waals surface area contributed by atoms with Crippen molar-refractivity contribution in [3.63, 3.8) is 0 Å². The van der Waals surface area contributed by atoms with Gasteiger partial charge >= 0.3 is 5.97 Å². The van der Waals surface area contributed by atoms with Gasteiger partial charge in [-0.05, 0) is 49.9 Å². The molecule has 1 heterocycles. The molecule has 5 nitrogen and oxygen atoms in total. The van der Waals surface area contributed by atoms with Crippen LogP contribution in [0.2, 0.25) is 0 Å². The van der Waals surface area contributed by atoms with E-state index in [2.05, 4.69) is 10.3 Å². The van der Waals surface area contributed by atoms with Gasteiger partial charge in [0.2, 0.25) is 0 Å². The molecule has 1 aliphatic rings. The summed E-state index contributed by atoms with van der Waals surface area (Å²) in [5, 5.41) is 12.9. The average molecular weight is 284 g/mol. The SMILES string of the molecule is C[C@@](NC(=O)c1ccc2ncccc2c1)(C(=O)O)C1CC1. The van der Waals surface area contributed by atoms with E-state index < -0.39 is 11.5 Å². The second-order valence-corrected chi connectivity index (χ2v) is 5.65. The zero-order valence-electron chi connectivity index (χ0n) is 11.7. The fourth-order valence-electron chi connectivity index (χ4n) is 2.52. The minimum atomic E-state index is -1.19. The van der Waals surface area contributed by atoms with Crippen molar-refractivity contribution in [2.75, 3.05) is 0 Å². The summed E-state index contributed by atoms with van der Waals surface area (Å²) in [5.41, 5.74) is 0.0573. The van der Waals surface area contributed by atoms with Crippen molar-refractivity contribution in [2.45, 2.75) is 25.3 Å². The summed E-state index contributed by atoms with van der Waals surface area (Å²) in [6, 6.07) is 8.83. The number of nitrogens with one attached hydrogen (secondary N) is 1. The third-order valence-corrected chi connectivity index (χ3v) is 4.08. The molecule has 21 heavy (non-hydrogen) atoms. The molecular formula is C16H16N2O3. The maximum atomic E-state index is 12.3. The average Bonchev–Trinajstić information content (AvgIpc) is 3.31. The normalized spacial score (nSPS) is 17.2. The van der Waals surface area contributed by atoms with Crippen molar-refractivity contribution >= 4 is 22.8 Å². The summed E-state index contributed by atoms with van der Waals surface area (Å²) in [7, 11) is 0. The molecule has 108 valence electrons. The molecule has 3 rings (SSSR count). The first kappa shape index (κ1) is 13.5.